The minimum atomic E-state index is -1.14. The fourth-order valence-electron chi connectivity index (χ4n) is 1.41. The van der Waals surface area contributed by atoms with E-state index in [4.69, 9.17) is 10.2 Å². The predicted octanol–water partition coefficient (Wildman–Crippen LogP) is 0.557. The van der Waals surface area contributed by atoms with Gasteiger partial charge >= 0.3 is 12.0 Å². The van der Waals surface area contributed by atoms with Gasteiger partial charge in [0.05, 0.1) is 0 Å². The zero-order chi connectivity index (χ0) is 13.3. The number of aliphatic hydroxyl groups excluding tert-OH is 1. The van der Waals surface area contributed by atoms with Crippen LogP contribution in [-0.2, 0) is 4.79 Å². The molecule has 0 aliphatic heterocycles. The average Bonchev–Trinajstić information content (AvgIpc) is 2.29. The maximum absolute atomic E-state index is 11.4. The summed E-state index contributed by atoms with van der Waals surface area (Å²) in [5.74, 6) is -0.737. The molecular weight excluding hydrogens is 224 g/mol. The summed E-state index contributed by atoms with van der Waals surface area (Å²) in [6, 6.07) is -1.54. The van der Waals surface area contributed by atoms with Crippen LogP contribution < -0.4 is 10.6 Å². The predicted molar refractivity (Wildman–Crippen MR) is 63.7 cm³/mol. The van der Waals surface area contributed by atoms with Gasteiger partial charge in [-0.1, -0.05) is 26.7 Å². The lowest BCUT2D eigenvalue weighted by molar-refractivity contribution is -0.139. The molecule has 0 heterocycles. The Kier molecular flexibility index (Phi) is 8.13. The van der Waals surface area contributed by atoms with Crippen molar-refractivity contribution < 1.29 is 19.8 Å². The van der Waals surface area contributed by atoms with Crippen molar-refractivity contribution in [3.8, 4) is 0 Å². The molecule has 0 fully saturated rings. The van der Waals surface area contributed by atoms with Crippen molar-refractivity contribution in [1.82, 2.24) is 10.6 Å². The molecule has 0 aromatic carbocycles. The number of carbonyl (C=O) groups is 2. The van der Waals surface area contributed by atoms with Crippen LogP contribution in [0.2, 0.25) is 0 Å². The van der Waals surface area contributed by atoms with Crippen LogP contribution in [0, 0.1) is 5.92 Å². The first-order valence-electron chi connectivity index (χ1n) is 5.93. The highest BCUT2D eigenvalue weighted by molar-refractivity contribution is 5.82. The van der Waals surface area contributed by atoms with E-state index in [1.165, 1.54) is 0 Å². The topological polar surface area (TPSA) is 98.7 Å². The zero-order valence-electron chi connectivity index (χ0n) is 10.4. The Labute approximate surface area is 101 Å². The van der Waals surface area contributed by atoms with Crippen LogP contribution in [0.15, 0.2) is 0 Å². The lowest BCUT2D eigenvalue weighted by Gasteiger charge is -2.16. The van der Waals surface area contributed by atoms with Crippen molar-refractivity contribution in [2.45, 2.75) is 39.2 Å². The summed E-state index contributed by atoms with van der Waals surface area (Å²) in [4.78, 5) is 22.1. The minimum Gasteiger partial charge on any atom is -0.480 e. The largest absolute Gasteiger partial charge is 0.480 e. The van der Waals surface area contributed by atoms with Crippen molar-refractivity contribution >= 4 is 12.0 Å². The first-order chi connectivity index (χ1) is 8.04. The maximum atomic E-state index is 11.4. The van der Waals surface area contributed by atoms with Gasteiger partial charge in [-0.05, 0) is 5.92 Å². The quantitative estimate of drug-likeness (QED) is 0.503. The van der Waals surface area contributed by atoms with E-state index in [1.54, 1.807) is 0 Å². The second-order valence-electron chi connectivity index (χ2n) is 3.94. The molecule has 0 rings (SSSR count). The van der Waals surface area contributed by atoms with Gasteiger partial charge in [0.1, 0.15) is 6.04 Å². The van der Waals surface area contributed by atoms with Crippen molar-refractivity contribution in [1.29, 1.82) is 0 Å². The zero-order valence-corrected chi connectivity index (χ0v) is 10.4. The number of aliphatic carboxylic acids is 1. The van der Waals surface area contributed by atoms with E-state index in [-0.39, 0.29) is 13.0 Å². The molecule has 0 unspecified atom stereocenters. The summed E-state index contributed by atoms with van der Waals surface area (Å²) in [6.07, 6.45) is 1.94. The highest BCUT2D eigenvalue weighted by Gasteiger charge is 2.19. The number of carboxylic acid groups (broad SMARTS) is 1. The fourth-order valence-corrected chi connectivity index (χ4v) is 1.41. The van der Waals surface area contributed by atoms with Crippen molar-refractivity contribution in [3.05, 3.63) is 0 Å². The van der Waals surface area contributed by atoms with E-state index >= 15 is 0 Å². The van der Waals surface area contributed by atoms with Gasteiger partial charge in [-0.2, -0.15) is 0 Å². The summed E-state index contributed by atoms with van der Waals surface area (Å²) in [6.45, 7) is 4.34. The molecule has 0 aliphatic rings. The third-order valence-electron chi connectivity index (χ3n) is 2.73. The van der Waals surface area contributed by atoms with Gasteiger partial charge in [-0.3, -0.25) is 0 Å². The molecule has 0 bridgehead atoms. The van der Waals surface area contributed by atoms with Crippen molar-refractivity contribution in [2.75, 3.05) is 13.2 Å². The van der Waals surface area contributed by atoms with Crippen LogP contribution in [0.5, 0.6) is 0 Å². The first kappa shape index (κ1) is 15.7. The van der Waals surface area contributed by atoms with E-state index in [0.717, 1.165) is 12.8 Å². The number of hydrogen-bond donors (Lipinski definition) is 4. The summed E-state index contributed by atoms with van der Waals surface area (Å²) in [5, 5.41) is 22.4. The van der Waals surface area contributed by atoms with Crippen molar-refractivity contribution in [3.63, 3.8) is 0 Å². The van der Waals surface area contributed by atoms with Gasteiger partial charge < -0.3 is 20.8 Å². The lowest BCUT2D eigenvalue weighted by Crippen LogP contribution is -2.47. The number of hydrogen-bond acceptors (Lipinski definition) is 3. The highest BCUT2D eigenvalue weighted by atomic mass is 16.4. The molecule has 0 aliphatic carbocycles. The lowest BCUT2D eigenvalue weighted by atomic mass is 10.0. The minimum absolute atomic E-state index is 0.00768. The van der Waals surface area contributed by atoms with Gasteiger partial charge in [-0.25, -0.2) is 9.59 Å². The monoisotopic (exact) mass is 246 g/mol. The van der Waals surface area contributed by atoms with Crippen LogP contribution in [-0.4, -0.2) is 41.4 Å². The summed E-state index contributed by atoms with van der Waals surface area (Å²) in [5.41, 5.74) is 0. The Morgan fingerprint density at radius 1 is 1.24 bits per heavy atom. The number of urea groups is 1. The number of nitrogens with one attached hydrogen (secondary N) is 2. The van der Waals surface area contributed by atoms with Crippen LogP contribution >= 0.6 is 0 Å². The number of carboxylic acids is 1. The number of aliphatic hydroxyl groups is 1. The maximum Gasteiger partial charge on any atom is 0.326 e. The van der Waals surface area contributed by atoms with Crippen LogP contribution in [0.1, 0.15) is 33.1 Å². The molecule has 100 valence electrons. The molecule has 0 aromatic rings. The molecule has 0 saturated carbocycles. The molecule has 4 N–H and O–H groups in total. The second kappa shape index (κ2) is 8.81. The molecule has 6 heteroatoms. The van der Waals surface area contributed by atoms with E-state index in [1.807, 2.05) is 13.8 Å². The second-order valence-corrected chi connectivity index (χ2v) is 3.94. The Morgan fingerprint density at radius 2 is 1.82 bits per heavy atom. The molecule has 6 nitrogen and oxygen atoms in total. The Balaban J connectivity index is 4.01. The van der Waals surface area contributed by atoms with Gasteiger partial charge in [0.2, 0.25) is 0 Å². The number of rotatable bonds is 8. The smallest absolute Gasteiger partial charge is 0.326 e. The summed E-state index contributed by atoms with van der Waals surface area (Å²) >= 11 is 0. The van der Waals surface area contributed by atoms with Crippen LogP contribution in [0.3, 0.4) is 0 Å². The molecule has 0 radical (unpaired) electrons. The third kappa shape index (κ3) is 6.78. The summed E-state index contributed by atoms with van der Waals surface area (Å²) in [7, 11) is 0. The van der Waals surface area contributed by atoms with E-state index in [2.05, 4.69) is 10.6 Å². The third-order valence-corrected chi connectivity index (χ3v) is 2.73. The first-order valence-corrected chi connectivity index (χ1v) is 5.93. The molecule has 0 saturated heterocycles. The van der Waals surface area contributed by atoms with E-state index in [0.29, 0.717) is 12.5 Å². The normalized spacial score (nSPS) is 12.2. The standard InChI is InChI=1S/C11H22N2O4/c1-3-8(4-2)7-12-11(17)13-9(5-6-14)10(15)16/h8-9,14H,3-7H2,1-2H3,(H,15,16)(H2,12,13,17)/t9-/m1/s1. The molecule has 0 spiro atoms. The Hall–Kier alpha value is -1.30. The molecule has 0 aromatic heterocycles. The Bertz CT molecular complexity index is 242. The molecule has 1 atom stereocenters. The van der Waals surface area contributed by atoms with Gasteiger partial charge in [-0.15, -0.1) is 0 Å². The Morgan fingerprint density at radius 3 is 2.24 bits per heavy atom. The van der Waals surface area contributed by atoms with Crippen molar-refractivity contribution in [2.24, 2.45) is 5.92 Å². The SMILES string of the molecule is CCC(CC)CNC(=O)N[C@H](CCO)C(=O)O. The average molecular weight is 246 g/mol. The van der Waals surface area contributed by atoms with E-state index < -0.39 is 18.0 Å². The van der Waals surface area contributed by atoms with Crippen LogP contribution in [0.25, 0.3) is 0 Å². The molecule has 2 amide bonds. The highest BCUT2D eigenvalue weighted by Crippen LogP contribution is 2.04. The van der Waals surface area contributed by atoms with Gasteiger partial charge in [0, 0.05) is 19.6 Å². The fraction of sp³-hybridized carbons (Fsp3) is 0.818. The number of carbonyl (C=O) groups excluding carboxylic acids is 1. The van der Waals surface area contributed by atoms with Gasteiger partial charge in [0.15, 0.2) is 0 Å². The number of amides is 2. The van der Waals surface area contributed by atoms with Gasteiger partial charge in [0.25, 0.3) is 0 Å². The molecule has 17 heavy (non-hydrogen) atoms. The molecular formula is C11H22N2O4. The van der Waals surface area contributed by atoms with Crippen LogP contribution in [0.4, 0.5) is 4.79 Å². The van der Waals surface area contributed by atoms with E-state index in [9.17, 15) is 9.59 Å². The summed E-state index contributed by atoms with van der Waals surface area (Å²) < 4.78 is 0.